The van der Waals surface area contributed by atoms with Gasteiger partial charge < -0.3 is 19.9 Å². The van der Waals surface area contributed by atoms with E-state index in [4.69, 9.17) is 25.0 Å². The highest BCUT2D eigenvalue weighted by molar-refractivity contribution is 5.68. The minimum atomic E-state index is -2.78. The highest BCUT2D eigenvalue weighted by Gasteiger charge is 2.49. The Labute approximate surface area is 243 Å². The number of nitrogen functional groups attached to an aromatic ring is 1. The van der Waals surface area contributed by atoms with Gasteiger partial charge in [-0.25, -0.2) is 13.8 Å². The summed E-state index contributed by atoms with van der Waals surface area (Å²) in [6, 6.07) is 8.06. The Hall–Kier alpha value is -3.78. The van der Waals surface area contributed by atoms with Crippen LogP contribution in [0.3, 0.4) is 0 Å². The summed E-state index contributed by atoms with van der Waals surface area (Å²) < 4.78 is 41.0. The summed E-state index contributed by atoms with van der Waals surface area (Å²) >= 11 is 0. The molecule has 9 nitrogen and oxygen atoms in total. The van der Waals surface area contributed by atoms with Crippen molar-refractivity contribution < 1.29 is 18.0 Å². The molecular weight excluding hydrogens is 540 g/mol. The Kier molecular flexibility index (Phi) is 6.38. The summed E-state index contributed by atoms with van der Waals surface area (Å²) in [7, 11) is 2.09. The summed E-state index contributed by atoms with van der Waals surface area (Å²) in [5, 5.41) is 14.5. The van der Waals surface area contributed by atoms with Gasteiger partial charge in [-0.2, -0.15) is 10.2 Å². The molecule has 1 spiro atoms. The van der Waals surface area contributed by atoms with Gasteiger partial charge in [0.05, 0.1) is 17.5 Å². The van der Waals surface area contributed by atoms with Crippen molar-refractivity contribution in [3.05, 3.63) is 46.2 Å². The first kappa shape index (κ1) is 27.1. The topological polar surface area (TPSA) is 117 Å². The minimum Gasteiger partial charge on any atom is -0.473 e. The number of nitriles is 1. The van der Waals surface area contributed by atoms with E-state index in [1.54, 1.807) is 17.0 Å². The van der Waals surface area contributed by atoms with Crippen molar-refractivity contribution in [2.75, 3.05) is 37.3 Å². The molecule has 2 aliphatic heterocycles. The molecule has 7 rings (SSSR count). The fourth-order valence-electron chi connectivity index (χ4n) is 7.73. The van der Waals surface area contributed by atoms with Crippen molar-refractivity contribution in [1.82, 2.24) is 20.0 Å². The van der Waals surface area contributed by atoms with E-state index >= 15 is 0 Å². The number of benzene rings is 1. The monoisotopic (exact) mass is 575 g/mol. The van der Waals surface area contributed by atoms with Crippen LogP contribution < -0.4 is 15.4 Å². The van der Waals surface area contributed by atoms with Crippen molar-refractivity contribution in [3.63, 3.8) is 0 Å². The molecule has 2 saturated heterocycles. The zero-order chi connectivity index (χ0) is 29.2. The molecule has 0 bridgehead atoms. The molecule has 11 heteroatoms. The average molecular weight is 576 g/mol. The van der Waals surface area contributed by atoms with Gasteiger partial charge in [-0.1, -0.05) is 11.2 Å². The van der Waals surface area contributed by atoms with Crippen LogP contribution in [0.4, 0.5) is 20.3 Å². The normalized spacial score (nSPS) is 25.4. The van der Waals surface area contributed by atoms with Gasteiger partial charge in [-0.15, -0.1) is 0 Å². The van der Waals surface area contributed by atoms with E-state index in [0.717, 1.165) is 67.5 Å². The second-order valence-electron chi connectivity index (χ2n) is 12.4. The largest absolute Gasteiger partial charge is 0.473 e. The Morgan fingerprint density at radius 2 is 2.02 bits per heavy atom. The number of fused-ring (bicyclic) bond motifs is 4. The molecule has 4 aliphatic rings. The quantitative estimate of drug-likeness (QED) is 0.426. The summed E-state index contributed by atoms with van der Waals surface area (Å²) in [5.41, 5.74) is 10.2. The predicted octanol–water partition coefficient (Wildman–Crippen LogP) is 4.86. The van der Waals surface area contributed by atoms with Gasteiger partial charge in [0.2, 0.25) is 5.88 Å². The van der Waals surface area contributed by atoms with E-state index in [0.29, 0.717) is 40.9 Å². The third-order valence-electron chi connectivity index (χ3n) is 9.81. The van der Waals surface area contributed by atoms with Crippen LogP contribution in [0.25, 0.3) is 11.5 Å². The number of nitrogens with two attached hydrogens (primary N) is 1. The molecule has 220 valence electrons. The third-order valence-corrected chi connectivity index (χ3v) is 9.81. The number of rotatable bonds is 5. The number of alkyl halides is 2. The van der Waals surface area contributed by atoms with Crippen LogP contribution >= 0.6 is 0 Å². The number of aromatic nitrogens is 3. The summed E-state index contributed by atoms with van der Waals surface area (Å²) in [5.74, 6) is -1.01. The van der Waals surface area contributed by atoms with E-state index in [2.05, 4.69) is 23.2 Å². The molecule has 2 aromatic heterocycles. The van der Waals surface area contributed by atoms with Gasteiger partial charge in [0.15, 0.2) is 17.3 Å². The highest BCUT2D eigenvalue weighted by atomic mass is 19.3. The smallest absolute Gasteiger partial charge is 0.266 e. The summed E-state index contributed by atoms with van der Waals surface area (Å²) in [6.45, 7) is 2.82. The van der Waals surface area contributed by atoms with Crippen molar-refractivity contribution >= 4 is 11.5 Å². The van der Waals surface area contributed by atoms with E-state index in [-0.39, 0.29) is 25.1 Å². The van der Waals surface area contributed by atoms with E-state index in [9.17, 15) is 14.0 Å². The molecule has 2 fully saturated rings. The first-order valence-electron chi connectivity index (χ1n) is 14.9. The van der Waals surface area contributed by atoms with Gasteiger partial charge in [-0.3, -0.25) is 4.90 Å². The number of halogens is 2. The molecular formula is C31H35F2N7O2. The first-order chi connectivity index (χ1) is 20.2. The zero-order valence-electron chi connectivity index (χ0n) is 24.0. The first-order valence-corrected chi connectivity index (χ1v) is 14.9. The second-order valence-corrected chi connectivity index (χ2v) is 12.4. The van der Waals surface area contributed by atoms with Crippen molar-refractivity contribution in [3.8, 4) is 23.5 Å². The van der Waals surface area contributed by atoms with Crippen LogP contribution in [-0.2, 0) is 18.3 Å². The molecule has 1 aromatic carbocycles. The molecule has 0 radical (unpaired) electrons. The van der Waals surface area contributed by atoms with Crippen LogP contribution in [0, 0.1) is 11.3 Å². The lowest BCUT2D eigenvalue weighted by atomic mass is 9.68. The van der Waals surface area contributed by atoms with Gasteiger partial charge in [0, 0.05) is 36.3 Å². The molecule has 0 saturated carbocycles. The Morgan fingerprint density at radius 1 is 1.17 bits per heavy atom. The minimum absolute atomic E-state index is 0.146. The lowest BCUT2D eigenvalue weighted by Crippen LogP contribution is -2.38. The van der Waals surface area contributed by atoms with Crippen molar-refractivity contribution in [2.45, 2.75) is 81.8 Å². The van der Waals surface area contributed by atoms with Gasteiger partial charge in [0.1, 0.15) is 18.0 Å². The van der Waals surface area contributed by atoms with E-state index in [1.165, 1.54) is 0 Å². The SMILES string of the molecule is C[C@H](Oc1cc(N2CCC(F)(F)C2)nc(-c2noc3c2CCC[C@@]32CCc3ccc(N)c(C#N)c32)n1)[C@@H]1CCCN1C. The molecule has 4 heterocycles. The number of anilines is 2. The molecule has 3 aromatic rings. The second kappa shape index (κ2) is 9.90. The van der Waals surface area contributed by atoms with Crippen molar-refractivity contribution in [1.29, 1.82) is 5.26 Å². The number of likely N-dealkylation sites (tertiary alicyclic amines) is 1. The molecule has 2 aliphatic carbocycles. The molecule has 0 unspecified atom stereocenters. The molecule has 3 atom stereocenters. The maximum Gasteiger partial charge on any atom is 0.266 e. The van der Waals surface area contributed by atoms with E-state index in [1.807, 2.05) is 13.0 Å². The van der Waals surface area contributed by atoms with Crippen LogP contribution in [0.15, 0.2) is 22.7 Å². The summed E-state index contributed by atoms with van der Waals surface area (Å²) in [6.07, 6.45) is 5.78. The Bertz CT molecular complexity index is 1580. The zero-order valence-corrected chi connectivity index (χ0v) is 24.0. The van der Waals surface area contributed by atoms with Gasteiger partial charge in [0.25, 0.3) is 5.92 Å². The number of ether oxygens (including phenoxy) is 1. The maximum absolute atomic E-state index is 14.2. The van der Waals surface area contributed by atoms with Crippen LogP contribution in [0.2, 0.25) is 0 Å². The molecule has 42 heavy (non-hydrogen) atoms. The third kappa shape index (κ3) is 4.30. The van der Waals surface area contributed by atoms with Crippen molar-refractivity contribution in [2.24, 2.45) is 0 Å². The van der Waals surface area contributed by atoms with Crippen LogP contribution in [-0.4, -0.2) is 64.8 Å². The van der Waals surface area contributed by atoms with Gasteiger partial charge >= 0.3 is 0 Å². The standard InChI is InChI=1S/C31H35F2N7O2/c1-18(23-6-4-13-39(23)2)41-25-15-24(40-14-12-31(32,33)17-40)36-29(37-25)27-20-5-3-10-30(28(20)42-38-27)11-9-19-7-8-22(35)21(16-34)26(19)30/h7-8,15,18,23H,3-6,9-14,17,35H2,1-2H3/t18-,23-,30-/m0/s1. The Morgan fingerprint density at radius 3 is 2.76 bits per heavy atom. The lowest BCUT2D eigenvalue weighted by Gasteiger charge is -2.33. The fourth-order valence-corrected chi connectivity index (χ4v) is 7.73. The predicted molar refractivity (Wildman–Crippen MR) is 153 cm³/mol. The molecule has 0 amide bonds. The highest BCUT2D eigenvalue weighted by Crippen LogP contribution is 2.54. The van der Waals surface area contributed by atoms with Crippen LogP contribution in [0.5, 0.6) is 5.88 Å². The Balaban J connectivity index is 1.31. The number of aryl methyl sites for hydroxylation is 1. The maximum atomic E-state index is 14.2. The van der Waals surface area contributed by atoms with Gasteiger partial charge in [-0.05, 0) is 82.7 Å². The number of hydrogen-bond donors (Lipinski definition) is 1. The summed E-state index contributed by atoms with van der Waals surface area (Å²) in [4.78, 5) is 13.4. The van der Waals surface area contributed by atoms with Crippen LogP contribution in [0.1, 0.15) is 73.5 Å². The lowest BCUT2D eigenvalue weighted by molar-refractivity contribution is 0.0256. The number of likely N-dealkylation sites (N-methyl/N-ethyl adjacent to an activating group) is 1. The fraction of sp³-hybridized carbons (Fsp3) is 0.548. The number of nitrogens with zero attached hydrogens (tertiary/aromatic N) is 6. The molecule has 2 N–H and O–H groups in total. The van der Waals surface area contributed by atoms with E-state index < -0.39 is 17.9 Å². The number of hydrogen-bond acceptors (Lipinski definition) is 9. The average Bonchev–Trinajstić information content (AvgIpc) is 3.75.